The lowest BCUT2D eigenvalue weighted by atomic mass is 10.2. The topological polar surface area (TPSA) is 58.5 Å². The van der Waals surface area contributed by atoms with Crippen LogP contribution in [0.5, 0.6) is 5.75 Å². The van der Waals surface area contributed by atoms with Gasteiger partial charge in [0.05, 0.1) is 0 Å². The maximum Gasteiger partial charge on any atom is 0.387 e. The molecule has 136 valence electrons. The zero-order valence-corrected chi connectivity index (χ0v) is 16.5. The van der Waals surface area contributed by atoms with E-state index in [1.165, 1.54) is 6.07 Å². The van der Waals surface area contributed by atoms with Crippen molar-refractivity contribution in [3.05, 3.63) is 58.9 Å². The molecule has 2 N–H and O–H groups in total. The van der Waals surface area contributed by atoms with Crippen molar-refractivity contribution in [2.24, 2.45) is 4.99 Å². The summed E-state index contributed by atoms with van der Waals surface area (Å²) >= 11 is 5.74. The normalized spacial score (nSPS) is 11.0. The number of pyridine rings is 1. The van der Waals surface area contributed by atoms with Gasteiger partial charge >= 0.3 is 6.61 Å². The quantitative estimate of drug-likeness (QED) is 0.284. The molecule has 0 aliphatic heterocycles. The molecule has 2 aromatic rings. The van der Waals surface area contributed by atoms with Gasteiger partial charge in [-0.15, -0.1) is 24.0 Å². The Bertz CT molecular complexity index is 686. The lowest BCUT2D eigenvalue weighted by Gasteiger charge is -2.14. The molecule has 0 radical (unpaired) electrons. The Hall–Kier alpha value is -1.68. The van der Waals surface area contributed by atoms with E-state index >= 15 is 0 Å². The van der Waals surface area contributed by atoms with Crippen molar-refractivity contribution in [1.82, 2.24) is 15.6 Å². The number of nitrogens with zero attached hydrogens (tertiary/aromatic N) is 2. The van der Waals surface area contributed by atoms with Crippen LogP contribution in [0.25, 0.3) is 0 Å². The van der Waals surface area contributed by atoms with Crippen molar-refractivity contribution in [2.45, 2.75) is 19.7 Å². The van der Waals surface area contributed by atoms with Gasteiger partial charge in [0.2, 0.25) is 0 Å². The van der Waals surface area contributed by atoms with Crippen LogP contribution in [-0.4, -0.2) is 24.6 Å². The highest BCUT2D eigenvalue weighted by Gasteiger charge is 2.09. The molecule has 5 nitrogen and oxygen atoms in total. The molecular weight excluding hydrogens is 465 g/mol. The third-order valence-electron chi connectivity index (χ3n) is 3.11. The Labute approximate surface area is 166 Å². The van der Waals surface area contributed by atoms with Gasteiger partial charge in [-0.1, -0.05) is 35.9 Å². The predicted octanol–water partition coefficient (Wildman–Crippen LogP) is 3.82. The highest BCUT2D eigenvalue weighted by Crippen LogP contribution is 2.19. The summed E-state index contributed by atoms with van der Waals surface area (Å²) in [6.45, 7) is -2.07. The number of benzene rings is 1. The molecular formula is C16H18ClF2IN4O. The number of aliphatic imine (C=N–C) groups is 1. The molecule has 0 amide bonds. The van der Waals surface area contributed by atoms with Crippen LogP contribution in [0.15, 0.2) is 47.6 Å². The fourth-order valence-corrected chi connectivity index (χ4v) is 2.07. The van der Waals surface area contributed by atoms with E-state index in [1.54, 1.807) is 37.5 Å². The highest BCUT2D eigenvalue weighted by atomic mass is 127. The van der Waals surface area contributed by atoms with E-state index in [0.717, 1.165) is 5.56 Å². The zero-order valence-electron chi connectivity index (χ0n) is 13.4. The molecule has 1 aromatic heterocycles. The molecule has 0 bridgehead atoms. The third-order valence-corrected chi connectivity index (χ3v) is 3.33. The molecule has 0 atom stereocenters. The average Bonchev–Trinajstić information content (AvgIpc) is 2.57. The number of guanidine groups is 1. The number of alkyl halides is 2. The van der Waals surface area contributed by atoms with Gasteiger partial charge in [0.25, 0.3) is 0 Å². The fourth-order valence-electron chi connectivity index (χ4n) is 1.96. The molecule has 0 aliphatic rings. The van der Waals surface area contributed by atoms with Crippen molar-refractivity contribution in [3.8, 4) is 5.75 Å². The number of ether oxygens (including phenoxy) is 1. The second-order valence-corrected chi connectivity index (χ2v) is 5.14. The summed E-state index contributed by atoms with van der Waals surface area (Å²) in [5.74, 6) is 0.661. The van der Waals surface area contributed by atoms with Crippen molar-refractivity contribution in [2.75, 3.05) is 7.05 Å². The van der Waals surface area contributed by atoms with E-state index < -0.39 is 6.61 Å². The number of rotatable bonds is 6. The van der Waals surface area contributed by atoms with Crippen LogP contribution in [0.3, 0.4) is 0 Å². The second kappa shape index (κ2) is 11.0. The van der Waals surface area contributed by atoms with Gasteiger partial charge in [-0.2, -0.15) is 8.78 Å². The summed E-state index contributed by atoms with van der Waals surface area (Å²) in [6.07, 6.45) is 1.66. The predicted molar refractivity (Wildman–Crippen MR) is 105 cm³/mol. The van der Waals surface area contributed by atoms with E-state index in [2.05, 4.69) is 25.3 Å². The number of nitrogens with one attached hydrogen (secondary N) is 2. The lowest BCUT2D eigenvalue weighted by Crippen LogP contribution is -2.36. The van der Waals surface area contributed by atoms with Crippen LogP contribution in [-0.2, 0) is 13.1 Å². The summed E-state index contributed by atoms with van der Waals surface area (Å²) < 4.78 is 29.3. The smallest absolute Gasteiger partial charge is 0.387 e. The fraction of sp³-hybridized carbons (Fsp3) is 0.250. The minimum Gasteiger partial charge on any atom is -0.434 e. The van der Waals surface area contributed by atoms with Crippen molar-refractivity contribution >= 4 is 41.5 Å². The Morgan fingerprint density at radius 3 is 2.56 bits per heavy atom. The molecule has 2 rings (SSSR count). The number of para-hydroxylation sites is 1. The summed E-state index contributed by atoms with van der Waals surface area (Å²) in [6, 6.07) is 10.2. The van der Waals surface area contributed by atoms with Crippen molar-refractivity contribution in [1.29, 1.82) is 0 Å². The number of halogens is 4. The van der Waals surface area contributed by atoms with Crippen molar-refractivity contribution < 1.29 is 13.5 Å². The molecule has 0 saturated heterocycles. The van der Waals surface area contributed by atoms with E-state index in [1.807, 2.05) is 6.07 Å². The SMILES string of the molecule is CN=C(NCc1ccc(Cl)nc1)NCc1ccccc1OC(F)F.I. The average molecular weight is 483 g/mol. The van der Waals surface area contributed by atoms with Crippen LogP contribution >= 0.6 is 35.6 Å². The molecule has 9 heteroatoms. The largest absolute Gasteiger partial charge is 0.434 e. The molecule has 0 aliphatic carbocycles. The Kier molecular flexibility index (Phi) is 9.43. The van der Waals surface area contributed by atoms with E-state index in [-0.39, 0.29) is 29.7 Å². The third kappa shape index (κ3) is 7.39. The number of hydrogen-bond acceptors (Lipinski definition) is 3. The first-order valence-corrected chi connectivity index (χ1v) is 7.54. The first-order chi connectivity index (χ1) is 11.6. The first-order valence-electron chi connectivity index (χ1n) is 7.16. The van der Waals surface area contributed by atoms with Gasteiger partial charge in [-0.25, -0.2) is 4.98 Å². The van der Waals surface area contributed by atoms with Crippen molar-refractivity contribution in [3.63, 3.8) is 0 Å². The van der Waals surface area contributed by atoms with Crippen LogP contribution in [0.2, 0.25) is 5.15 Å². The highest BCUT2D eigenvalue weighted by molar-refractivity contribution is 14.0. The van der Waals surface area contributed by atoms with E-state index in [0.29, 0.717) is 29.8 Å². The molecule has 1 heterocycles. The van der Waals surface area contributed by atoms with Gasteiger partial charge in [0.1, 0.15) is 10.9 Å². The first kappa shape index (κ1) is 21.4. The maximum atomic E-state index is 12.4. The molecule has 0 fully saturated rings. The Morgan fingerprint density at radius 2 is 1.92 bits per heavy atom. The molecule has 0 unspecified atom stereocenters. The monoisotopic (exact) mass is 482 g/mol. The van der Waals surface area contributed by atoms with Crippen LogP contribution in [0, 0.1) is 0 Å². The minimum absolute atomic E-state index is 0. The lowest BCUT2D eigenvalue weighted by molar-refractivity contribution is -0.0504. The molecule has 0 saturated carbocycles. The summed E-state index contributed by atoms with van der Waals surface area (Å²) in [4.78, 5) is 8.08. The molecule has 1 aromatic carbocycles. The number of aromatic nitrogens is 1. The van der Waals surface area contributed by atoms with Gasteiger partial charge in [0, 0.05) is 31.9 Å². The van der Waals surface area contributed by atoms with Gasteiger partial charge in [-0.05, 0) is 17.7 Å². The summed E-state index contributed by atoms with van der Waals surface area (Å²) in [7, 11) is 1.62. The summed E-state index contributed by atoms with van der Waals surface area (Å²) in [5, 5.41) is 6.58. The van der Waals surface area contributed by atoms with Crippen LogP contribution in [0.1, 0.15) is 11.1 Å². The Morgan fingerprint density at radius 1 is 1.20 bits per heavy atom. The zero-order chi connectivity index (χ0) is 17.4. The van der Waals surface area contributed by atoms with E-state index in [9.17, 15) is 8.78 Å². The van der Waals surface area contributed by atoms with Gasteiger partial charge in [0.15, 0.2) is 5.96 Å². The second-order valence-electron chi connectivity index (χ2n) is 4.75. The maximum absolute atomic E-state index is 12.4. The van der Waals surface area contributed by atoms with Crippen LogP contribution < -0.4 is 15.4 Å². The standard InChI is InChI=1S/C16H17ClF2N4O.HI/c1-20-16(22-9-11-6-7-14(17)21-8-11)23-10-12-4-2-3-5-13(12)24-15(18)19;/h2-8,15H,9-10H2,1H3,(H2,20,22,23);1H. The van der Waals surface area contributed by atoms with Crippen LogP contribution in [0.4, 0.5) is 8.78 Å². The minimum atomic E-state index is -2.86. The molecule has 25 heavy (non-hydrogen) atoms. The van der Waals surface area contributed by atoms with Gasteiger partial charge < -0.3 is 15.4 Å². The van der Waals surface area contributed by atoms with Gasteiger partial charge in [-0.3, -0.25) is 4.99 Å². The molecule has 0 spiro atoms. The Balaban J connectivity index is 0.00000312. The van der Waals surface area contributed by atoms with E-state index in [4.69, 9.17) is 11.6 Å². The number of hydrogen-bond donors (Lipinski definition) is 2. The summed E-state index contributed by atoms with van der Waals surface area (Å²) in [5.41, 5.74) is 1.54.